The van der Waals surface area contributed by atoms with E-state index in [2.05, 4.69) is 19.8 Å². The maximum atomic E-state index is 12.7. The number of rotatable bonds is 11. The summed E-state index contributed by atoms with van der Waals surface area (Å²) in [6, 6.07) is 8.01. The maximum Gasteiger partial charge on any atom is 0.422 e. The van der Waals surface area contributed by atoms with E-state index >= 15 is 0 Å². The highest BCUT2D eigenvalue weighted by atomic mass is 32.2. The van der Waals surface area contributed by atoms with Crippen LogP contribution in [0.3, 0.4) is 0 Å². The zero-order chi connectivity index (χ0) is 23.8. The highest BCUT2D eigenvalue weighted by molar-refractivity contribution is 7.98. The number of ether oxygens (including phenoxy) is 1. The average Bonchev–Trinajstić information content (AvgIpc) is 2.73. The molecule has 2 N–H and O–H groups in total. The number of aromatic nitrogens is 1. The van der Waals surface area contributed by atoms with Gasteiger partial charge in [0.2, 0.25) is 21.8 Å². The third-order valence-electron chi connectivity index (χ3n) is 4.21. The molecular weight excluding hydrogens is 467 g/mol. The number of nitrogens with zero attached hydrogens (tertiary/aromatic N) is 1. The largest absolute Gasteiger partial charge is 0.468 e. The molecular formula is C20H24F3N3O4S2. The molecule has 0 saturated carbocycles. The van der Waals surface area contributed by atoms with Crippen LogP contribution in [0.15, 0.2) is 47.5 Å². The fourth-order valence-electron chi connectivity index (χ4n) is 2.56. The Morgan fingerprint density at radius 3 is 2.53 bits per heavy atom. The molecule has 1 amide bonds. The van der Waals surface area contributed by atoms with Crippen molar-refractivity contribution in [3.63, 3.8) is 0 Å². The van der Waals surface area contributed by atoms with Gasteiger partial charge in [0.25, 0.3) is 0 Å². The van der Waals surface area contributed by atoms with Crippen LogP contribution in [0.25, 0.3) is 0 Å². The summed E-state index contributed by atoms with van der Waals surface area (Å²) in [4.78, 5) is 16.4. The topological polar surface area (TPSA) is 97.4 Å². The van der Waals surface area contributed by atoms with Crippen molar-refractivity contribution in [2.45, 2.75) is 37.0 Å². The molecule has 0 aliphatic heterocycles. The number of hydrogen-bond acceptors (Lipinski definition) is 6. The first kappa shape index (κ1) is 25.9. The monoisotopic (exact) mass is 491 g/mol. The number of alkyl halides is 3. The van der Waals surface area contributed by atoms with E-state index < -0.39 is 34.8 Å². The van der Waals surface area contributed by atoms with Gasteiger partial charge in [0.1, 0.15) is 6.04 Å². The van der Waals surface area contributed by atoms with E-state index in [4.69, 9.17) is 0 Å². The van der Waals surface area contributed by atoms with Gasteiger partial charge >= 0.3 is 6.18 Å². The van der Waals surface area contributed by atoms with Crippen LogP contribution >= 0.6 is 11.8 Å². The first-order valence-corrected chi connectivity index (χ1v) is 12.4. The molecule has 1 atom stereocenters. The van der Waals surface area contributed by atoms with E-state index in [0.29, 0.717) is 11.3 Å². The smallest absolute Gasteiger partial charge is 0.422 e. The van der Waals surface area contributed by atoms with Crippen LogP contribution in [0.5, 0.6) is 5.88 Å². The van der Waals surface area contributed by atoms with Gasteiger partial charge < -0.3 is 10.1 Å². The minimum atomic E-state index is -4.50. The molecule has 0 saturated heterocycles. The van der Waals surface area contributed by atoms with Crippen molar-refractivity contribution >= 4 is 27.7 Å². The number of carbonyl (C=O) groups excluding carboxylic acids is 1. The number of amides is 1. The highest BCUT2D eigenvalue weighted by Crippen LogP contribution is 2.18. The molecule has 0 bridgehead atoms. The van der Waals surface area contributed by atoms with Gasteiger partial charge in [0.05, 0.1) is 4.90 Å². The van der Waals surface area contributed by atoms with Crippen LogP contribution in [-0.4, -0.2) is 50.1 Å². The Bertz CT molecular complexity index is 1000. The van der Waals surface area contributed by atoms with E-state index in [1.165, 1.54) is 42.2 Å². The van der Waals surface area contributed by atoms with Crippen molar-refractivity contribution in [2.24, 2.45) is 0 Å². The Morgan fingerprint density at radius 2 is 1.91 bits per heavy atom. The second-order valence-corrected chi connectivity index (χ2v) is 9.59. The minimum Gasteiger partial charge on any atom is -0.468 e. The Balaban J connectivity index is 2.04. The van der Waals surface area contributed by atoms with E-state index in [9.17, 15) is 26.4 Å². The highest BCUT2D eigenvalue weighted by Gasteiger charge is 2.29. The normalized spacial score (nSPS) is 12.9. The number of pyridine rings is 1. The zero-order valence-corrected chi connectivity index (χ0v) is 19.1. The Morgan fingerprint density at radius 1 is 1.22 bits per heavy atom. The number of halogens is 3. The molecule has 7 nitrogen and oxygen atoms in total. The Kier molecular flexibility index (Phi) is 9.34. The summed E-state index contributed by atoms with van der Waals surface area (Å²) in [7, 11) is -3.92. The van der Waals surface area contributed by atoms with Crippen molar-refractivity contribution < 1.29 is 31.1 Å². The van der Waals surface area contributed by atoms with Crippen molar-refractivity contribution in [2.75, 3.05) is 18.6 Å². The van der Waals surface area contributed by atoms with Gasteiger partial charge in [-0.25, -0.2) is 13.4 Å². The predicted octanol–water partition coefficient (Wildman–Crippen LogP) is 3.05. The molecule has 1 unspecified atom stereocenters. The molecule has 1 heterocycles. The number of sulfonamides is 1. The summed E-state index contributed by atoms with van der Waals surface area (Å²) >= 11 is 1.46. The van der Waals surface area contributed by atoms with Crippen LogP contribution in [0.4, 0.5) is 13.2 Å². The van der Waals surface area contributed by atoms with E-state index in [-0.39, 0.29) is 23.7 Å². The van der Waals surface area contributed by atoms with Gasteiger partial charge in [0, 0.05) is 18.8 Å². The SMILES string of the molecule is CSCCC(NS(=O)(=O)c1ccc(C)cc1)C(=O)NCc1ccnc(OCC(F)(F)F)c1. The molecule has 0 aliphatic rings. The third kappa shape index (κ3) is 8.67. The molecule has 12 heteroatoms. The third-order valence-corrected chi connectivity index (χ3v) is 6.34. The average molecular weight is 492 g/mol. The molecule has 0 fully saturated rings. The van der Waals surface area contributed by atoms with Gasteiger partial charge in [-0.3, -0.25) is 4.79 Å². The molecule has 2 rings (SSSR count). The first-order chi connectivity index (χ1) is 15.0. The lowest BCUT2D eigenvalue weighted by atomic mass is 10.2. The van der Waals surface area contributed by atoms with E-state index in [1.807, 2.05) is 13.2 Å². The molecule has 1 aromatic carbocycles. The number of benzene rings is 1. The molecule has 176 valence electrons. The van der Waals surface area contributed by atoms with Crippen LogP contribution in [-0.2, 0) is 21.4 Å². The lowest BCUT2D eigenvalue weighted by Gasteiger charge is -2.18. The van der Waals surface area contributed by atoms with Crippen molar-refractivity contribution in [1.29, 1.82) is 0 Å². The molecule has 2 aromatic rings. The maximum absolute atomic E-state index is 12.7. The number of hydrogen-bond donors (Lipinski definition) is 2. The molecule has 0 aliphatic carbocycles. The minimum absolute atomic E-state index is 0.0360. The van der Waals surface area contributed by atoms with Gasteiger partial charge in [-0.15, -0.1) is 0 Å². The van der Waals surface area contributed by atoms with Gasteiger partial charge in [0.15, 0.2) is 6.61 Å². The summed E-state index contributed by atoms with van der Waals surface area (Å²) < 4.78 is 69.3. The van der Waals surface area contributed by atoms with E-state index in [1.54, 1.807) is 12.1 Å². The lowest BCUT2D eigenvalue weighted by molar-refractivity contribution is -0.154. The van der Waals surface area contributed by atoms with Gasteiger partial charge in [-0.2, -0.15) is 29.7 Å². The lowest BCUT2D eigenvalue weighted by Crippen LogP contribution is -2.46. The predicted molar refractivity (Wildman–Crippen MR) is 116 cm³/mol. The van der Waals surface area contributed by atoms with Gasteiger partial charge in [-0.1, -0.05) is 17.7 Å². The van der Waals surface area contributed by atoms with Crippen molar-refractivity contribution in [3.8, 4) is 5.88 Å². The Labute approximate surface area is 189 Å². The number of thioether (sulfide) groups is 1. The fourth-order valence-corrected chi connectivity index (χ4v) is 4.26. The molecule has 1 aromatic heterocycles. The quantitative estimate of drug-likeness (QED) is 0.502. The molecule has 0 radical (unpaired) electrons. The summed E-state index contributed by atoms with van der Waals surface area (Å²) in [6.45, 7) is 0.316. The van der Waals surface area contributed by atoms with Crippen LogP contribution < -0.4 is 14.8 Å². The second-order valence-electron chi connectivity index (χ2n) is 6.89. The van der Waals surface area contributed by atoms with Crippen molar-refractivity contribution in [1.82, 2.24) is 15.0 Å². The van der Waals surface area contributed by atoms with Crippen LogP contribution in [0.1, 0.15) is 17.5 Å². The van der Waals surface area contributed by atoms with E-state index in [0.717, 1.165) is 5.56 Å². The standard InChI is InChI=1S/C20H24F3N3O4S2/c1-14-3-5-16(6-4-14)32(28,29)26-17(8-10-31-2)19(27)25-12-15-7-9-24-18(11-15)30-13-20(21,22)23/h3-7,9,11,17,26H,8,10,12-13H2,1-2H3,(H,25,27). The summed E-state index contributed by atoms with van der Waals surface area (Å²) in [6.07, 6.45) is -1.14. The summed E-state index contributed by atoms with van der Waals surface area (Å²) in [5, 5.41) is 2.61. The van der Waals surface area contributed by atoms with Gasteiger partial charge in [-0.05, 0) is 49.1 Å². The number of carbonyl (C=O) groups is 1. The Hall–Kier alpha value is -2.31. The van der Waals surface area contributed by atoms with Crippen LogP contribution in [0.2, 0.25) is 0 Å². The first-order valence-electron chi connectivity index (χ1n) is 9.50. The number of aryl methyl sites for hydroxylation is 1. The van der Waals surface area contributed by atoms with Crippen LogP contribution in [0, 0.1) is 6.92 Å². The summed E-state index contributed by atoms with van der Waals surface area (Å²) in [5.41, 5.74) is 1.35. The van der Waals surface area contributed by atoms with Crippen molar-refractivity contribution in [3.05, 3.63) is 53.7 Å². The zero-order valence-electron chi connectivity index (χ0n) is 17.5. The molecule has 32 heavy (non-hydrogen) atoms. The second kappa shape index (κ2) is 11.5. The molecule has 0 spiro atoms. The number of nitrogens with one attached hydrogen (secondary N) is 2. The fraction of sp³-hybridized carbons (Fsp3) is 0.400. The summed E-state index contributed by atoms with van der Waals surface area (Å²) in [5.74, 6) is -0.239.